The molecule has 0 aliphatic carbocycles. The molecule has 2 aliphatic heterocycles. The zero-order valence-corrected chi connectivity index (χ0v) is 17.6. The molecule has 2 aliphatic rings. The molecule has 4 rings (SSSR count). The SMILES string of the molecule is CS(=O)(=O)NC1CCN2C(=O)CCCCc3c(cccc3-c3ccccc3)CC12. The first-order chi connectivity index (χ1) is 13.9. The Bertz CT molecular complexity index is 988. The van der Waals surface area contributed by atoms with Crippen molar-refractivity contribution < 1.29 is 13.2 Å². The Kier molecular flexibility index (Phi) is 5.74. The molecule has 29 heavy (non-hydrogen) atoms. The van der Waals surface area contributed by atoms with Crippen LogP contribution < -0.4 is 4.72 Å². The lowest BCUT2D eigenvalue weighted by Crippen LogP contribution is -2.47. The van der Waals surface area contributed by atoms with E-state index in [1.165, 1.54) is 28.5 Å². The fraction of sp³-hybridized carbons (Fsp3) is 0.435. The van der Waals surface area contributed by atoms with E-state index in [2.05, 4.69) is 47.2 Å². The number of nitrogens with one attached hydrogen (secondary N) is 1. The molecular formula is C23H28N2O3S. The number of benzene rings is 2. The van der Waals surface area contributed by atoms with Crippen molar-refractivity contribution in [3.05, 3.63) is 59.7 Å². The topological polar surface area (TPSA) is 66.5 Å². The number of hydrogen-bond donors (Lipinski definition) is 1. The van der Waals surface area contributed by atoms with Gasteiger partial charge in [-0.3, -0.25) is 4.79 Å². The molecule has 0 spiro atoms. The largest absolute Gasteiger partial charge is 0.338 e. The van der Waals surface area contributed by atoms with E-state index in [1.807, 2.05) is 11.0 Å². The zero-order chi connectivity index (χ0) is 20.4. The summed E-state index contributed by atoms with van der Waals surface area (Å²) in [6, 6.07) is 16.4. The molecule has 0 bridgehead atoms. The number of nitrogens with zero attached hydrogens (tertiary/aromatic N) is 1. The van der Waals surface area contributed by atoms with Crippen molar-refractivity contribution in [3.63, 3.8) is 0 Å². The van der Waals surface area contributed by atoms with Crippen LogP contribution in [0.3, 0.4) is 0 Å². The predicted molar refractivity (Wildman–Crippen MR) is 115 cm³/mol. The maximum atomic E-state index is 12.8. The van der Waals surface area contributed by atoms with E-state index >= 15 is 0 Å². The Balaban J connectivity index is 1.74. The van der Waals surface area contributed by atoms with Crippen LogP contribution in [0.2, 0.25) is 0 Å². The maximum Gasteiger partial charge on any atom is 0.222 e. The molecular weight excluding hydrogens is 384 g/mol. The van der Waals surface area contributed by atoms with E-state index < -0.39 is 10.0 Å². The molecule has 2 atom stereocenters. The predicted octanol–water partition coefficient (Wildman–Crippen LogP) is 3.14. The van der Waals surface area contributed by atoms with Gasteiger partial charge in [-0.25, -0.2) is 13.1 Å². The van der Waals surface area contributed by atoms with Gasteiger partial charge in [-0.2, -0.15) is 0 Å². The average Bonchev–Trinajstić information content (AvgIpc) is 3.07. The summed E-state index contributed by atoms with van der Waals surface area (Å²) in [6.07, 6.45) is 5.83. The summed E-state index contributed by atoms with van der Waals surface area (Å²) in [4.78, 5) is 14.7. The lowest BCUT2D eigenvalue weighted by Gasteiger charge is -2.31. The first-order valence-electron chi connectivity index (χ1n) is 10.4. The second kappa shape index (κ2) is 8.28. The van der Waals surface area contributed by atoms with Gasteiger partial charge in [0.15, 0.2) is 0 Å². The van der Waals surface area contributed by atoms with Crippen LogP contribution in [-0.4, -0.2) is 44.1 Å². The summed E-state index contributed by atoms with van der Waals surface area (Å²) in [5.74, 6) is 0.149. The number of hydrogen-bond acceptors (Lipinski definition) is 3. The highest BCUT2D eigenvalue weighted by Crippen LogP contribution is 2.32. The van der Waals surface area contributed by atoms with Crippen molar-refractivity contribution in [1.82, 2.24) is 9.62 Å². The van der Waals surface area contributed by atoms with E-state index in [1.54, 1.807) is 0 Å². The molecule has 1 saturated heterocycles. The van der Waals surface area contributed by atoms with E-state index in [4.69, 9.17) is 0 Å². The molecule has 2 aromatic carbocycles. The van der Waals surface area contributed by atoms with Crippen molar-refractivity contribution in [1.29, 1.82) is 0 Å². The van der Waals surface area contributed by atoms with Crippen molar-refractivity contribution in [3.8, 4) is 11.1 Å². The van der Waals surface area contributed by atoms with Crippen molar-refractivity contribution >= 4 is 15.9 Å². The third-order valence-corrected chi connectivity index (χ3v) is 6.82. The first-order valence-corrected chi connectivity index (χ1v) is 12.2. The number of amides is 1. The van der Waals surface area contributed by atoms with Crippen LogP contribution in [0.5, 0.6) is 0 Å². The van der Waals surface area contributed by atoms with E-state index in [0.717, 1.165) is 19.3 Å². The summed E-state index contributed by atoms with van der Waals surface area (Å²) in [6.45, 7) is 0.615. The molecule has 2 heterocycles. The zero-order valence-electron chi connectivity index (χ0n) is 16.8. The third kappa shape index (κ3) is 4.54. The fourth-order valence-electron chi connectivity index (χ4n) is 4.78. The van der Waals surface area contributed by atoms with E-state index in [9.17, 15) is 13.2 Å². The smallest absolute Gasteiger partial charge is 0.222 e. The van der Waals surface area contributed by atoms with Crippen molar-refractivity contribution in [2.24, 2.45) is 0 Å². The second-order valence-electron chi connectivity index (χ2n) is 8.16. The van der Waals surface area contributed by atoms with Crippen LogP contribution in [0, 0.1) is 0 Å². The van der Waals surface area contributed by atoms with Gasteiger partial charge in [0.1, 0.15) is 0 Å². The number of rotatable bonds is 3. The normalized spacial score (nSPS) is 22.8. The van der Waals surface area contributed by atoms with Gasteiger partial charge in [0.05, 0.1) is 12.3 Å². The molecule has 1 fully saturated rings. The van der Waals surface area contributed by atoms with Gasteiger partial charge < -0.3 is 4.90 Å². The molecule has 1 N–H and O–H groups in total. The number of fused-ring (bicyclic) bond motifs is 2. The molecule has 0 aromatic heterocycles. The molecule has 6 heteroatoms. The van der Waals surface area contributed by atoms with Crippen LogP contribution >= 0.6 is 0 Å². The van der Waals surface area contributed by atoms with Gasteiger partial charge in [-0.15, -0.1) is 0 Å². The molecule has 5 nitrogen and oxygen atoms in total. The Hall–Kier alpha value is -2.18. The van der Waals surface area contributed by atoms with Gasteiger partial charge in [-0.05, 0) is 54.4 Å². The minimum atomic E-state index is -3.33. The summed E-state index contributed by atoms with van der Waals surface area (Å²) < 4.78 is 26.6. The van der Waals surface area contributed by atoms with Crippen molar-refractivity contribution in [2.75, 3.05) is 12.8 Å². The fourth-order valence-corrected chi connectivity index (χ4v) is 5.61. The van der Waals surface area contributed by atoms with Crippen LogP contribution in [-0.2, 0) is 27.7 Å². The van der Waals surface area contributed by atoms with Gasteiger partial charge in [0.2, 0.25) is 15.9 Å². The summed E-state index contributed by atoms with van der Waals surface area (Å²) in [5.41, 5.74) is 5.00. The lowest BCUT2D eigenvalue weighted by atomic mass is 9.87. The number of sulfonamides is 1. The van der Waals surface area contributed by atoms with Crippen LogP contribution in [0.4, 0.5) is 0 Å². The molecule has 154 valence electrons. The Morgan fingerprint density at radius 3 is 2.52 bits per heavy atom. The monoisotopic (exact) mass is 412 g/mol. The lowest BCUT2D eigenvalue weighted by molar-refractivity contribution is -0.132. The first kappa shape index (κ1) is 20.1. The van der Waals surface area contributed by atoms with Gasteiger partial charge in [0.25, 0.3) is 0 Å². The Labute approximate surface area is 173 Å². The quantitative estimate of drug-likeness (QED) is 0.842. The highest BCUT2D eigenvalue weighted by molar-refractivity contribution is 7.88. The molecule has 0 radical (unpaired) electrons. The summed E-state index contributed by atoms with van der Waals surface area (Å²) >= 11 is 0. The van der Waals surface area contributed by atoms with Crippen molar-refractivity contribution in [2.45, 2.75) is 50.6 Å². The van der Waals surface area contributed by atoms with Gasteiger partial charge >= 0.3 is 0 Å². The van der Waals surface area contributed by atoms with Crippen LogP contribution in [0.25, 0.3) is 11.1 Å². The Morgan fingerprint density at radius 2 is 1.76 bits per heavy atom. The van der Waals surface area contributed by atoms with Gasteiger partial charge in [0, 0.05) is 19.0 Å². The highest BCUT2D eigenvalue weighted by Gasteiger charge is 2.38. The molecule has 2 unspecified atom stereocenters. The number of carbonyl (C=O) groups excluding carboxylic acids is 1. The second-order valence-corrected chi connectivity index (χ2v) is 9.94. The minimum Gasteiger partial charge on any atom is -0.338 e. The van der Waals surface area contributed by atoms with E-state index in [0.29, 0.717) is 25.8 Å². The Morgan fingerprint density at radius 1 is 1.00 bits per heavy atom. The third-order valence-electron chi connectivity index (χ3n) is 6.09. The van der Waals surface area contributed by atoms with Gasteiger partial charge in [-0.1, -0.05) is 48.5 Å². The van der Waals surface area contributed by atoms with Crippen LogP contribution in [0.1, 0.15) is 36.8 Å². The maximum absolute atomic E-state index is 12.8. The molecule has 2 aromatic rings. The molecule has 1 amide bonds. The summed E-state index contributed by atoms with van der Waals surface area (Å²) in [7, 11) is -3.33. The minimum absolute atomic E-state index is 0.139. The molecule has 0 saturated carbocycles. The number of carbonyl (C=O) groups is 1. The van der Waals surface area contributed by atoms with Crippen LogP contribution in [0.15, 0.2) is 48.5 Å². The standard InChI is InChI=1S/C23H28N2O3S/c1-29(27,28)24-21-14-15-25-22(21)16-18-10-7-12-19(17-8-3-2-4-9-17)20(18)11-5-6-13-23(25)26/h2-4,7-10,12,21-22,24H,5-6,11,13-16H2,1H3. The summed E-state index contributed by atoms with van der Waals surface area (Å²) in [5, 5.41) is 0. The van der Waals surface area contributed by atoms with E-state index in [-0.39, 0.29) is 18.0 Å². The highest BCUT2D eigenvalue weighted by atomic mass is 32.2. The average molecular weight is 413 g/mol.